The second-order valence-electron chi connectivity index (χ2n) is 3.90. The highest BCUT2D eigenvalue weighted by atomic mass is 16.5. The van der Waals surface area contributed by atoms with Crippen LogP contribution in [-0.4, -0.2) is 36.3 Å². The first-order chi connectivity index (χ1) is 7.78. The Labute approximate surface area is 95.2 Å². The topological polar surface area (TPSA) is 56.3 Å². The molecule has 0 spiro atoms. The largest absolute Gasteiger partial charge is 0.481 e. The maximum absolute atomic E-state index is 5.62. The van der Waals surface area contributed by atoms with Gasteiger partial charge in [-0.1, -0.05) is 0 Å². The fraction of sp³-hybridized carbons (Fsp3) is 0.636. The zero-order valence-electron chi connectivity index (χ0n) is 9.69. The van der Waals surface area contributed by atoms with E-state index in [-0.39, 0.29) is 0 Å². The first-order valence-electron chi connectivity index (χ1n) is 5.54. The van der Waals surface area contributed by atoms with Gasteiger partial charge in [-0.15, -0.1) is 0 Å². The molecule has 5 nitrogen and oxygen atoms in total. The van der Waals surface area contributed by atoms with Gasteiger partial charge in [0, 0.05) is 6.04 Å². The normalized spacial score (nSPS) is 19.8. The predicted octanol–water partition coefficient (Wildman–Crippen LogP) is 0.924. The van der Waals surface area contributed by atoms with Gasteiger partial charge in [-0.3, -0.25) is 0 Å². The first-order valence-corrected chi connectivity index (χ1v) is 5.54. The summed E-state index contributed by atoms with van der Waals surface area (Å²) >= 11 is 0. The van der Waals surface area contributed by atoms with E-state index in [0.717, 1.165) is 6.54 Å². The third kappa shape index (κ3) is 2.82. The summed E-state index contributed by atoms with van der Waals surface area (Å²) in [6, 6.07) is 2.16. The third-order valence-corrected chi connectivity index (χ3v) is 2.59. The molecule has 1 saturated heterocycles. The summed E-state index contributed by atoms with van der Waals surface area (Å²) in [6.45, 7) is 3.56. The minimum Gasteiger partial charge on any atom is -0.481 e. The molecule has 2 rings (SSSR count). The zero-order chi connectivity index (χ0) is 11.4. The fourth-order valence-electron chi connectivity index (χ4n) is 1.78. The monoisotopic (exact) mass is 223 g/mol. The Morgan fingerprint density at radius 1 is 1.44 bits per heavy atom. The van der Waals surface area contributed by atoms with Crippen molar-refractivity contribution < 1.29 is 9.47 Å². The number of aryl methyl sites for hydroxylation is 1. The lowest BCUT2D eigenvalue weighted by Gasteiger charge is -2.12. The summed E-state index contributed by atoms with van der Waals surface area (Å²) in [5.41, 5.74) is 0. The molecule has 1 fully saturated rings. The number of hydrogen-bond donors (Lipinski definition) is 1. The Morgan fingerprint density at radius 3 is 2.94 bits per heavy atom. The quantitative estimate of drug-likeness (QED) is 0.822. The highest BCUT2D eigenvalue weighted by Crippen LogP contribution is 2.15. The van der Waals surface area contributed by atoms with Crippen LogP contribution < -0.4 is 14.8 Å². The Kier molecular flexibility index (Phi) is 3.56. The first kappa shape index (κ1) is 11.1. The van der Waals surface area contributed by atoms with Crippen LogP contribution in [0.5, 0.6) is 11.8 Å². The zero-order valence-corrected chi connectivity index (χ0v) is 9.69. The lowest BCUT2D eigenvalue weighted by atomic mass is 10.2. The van der Waals surface area contributed by atoms with Crippen LogP contribution in [0, 0.1) is 6.92 Å². The van der Waals surface area contributed by atoms with E-state index in [1.54, 1.807) is 13.2 Å². The summed E-state index contributed by atoms with van der Waals surface area (Å²) in [7, 11) is 1.59. The molecule has 1 N–H and O–H groups in total. The van der Waals surface area contributed by atoms with Gasteiger partial charge in [-0.25, -0.2) is 0 Å². The molecule has 1 aromatic rings. The van der Waals surface area contributed by atoms with Gasteiger partial charge >= 0.3 is 0 Å². The number of ether oxygens (including phenoxy) is 2. The number of methoxy groups -OCH3 is 1. The molecule has 16 heavy (non-hydrogen) atoms. The molecule has 0 amide bonds. The van der Waals surface area contributed by atoms with Crippen LogP contribution in [0.3, 0.4) is 0 Å². The van der Waals surface area contributed by atoms with Crippen LogP contribution in [0.1, 0.15) is 18.7 Å². The standard InChI is InChI=1S/C11H17N3O2/c1-8-13-10(15-2)6-11(14-8)16-7-9-4-3-5-12-9/h6,9,12H,3-5,7H2,1-2H3. The molecule has 1 atom stereocenters. The second kappa shape index (κ2) is 5.12. The van der Waals surface area contributed by atoms with E-state index in [0.29, 0.717) is 30.2 Å². The van der Waals surface area contributed by atoms with Crippen molar-refractivity contribution in [3.05, 3.63) is 11.9 Å². The van der Waals surface area contributed by atoms with E-state index in [4.69, 9.17) is 9.47 Å². The molecule has 0 saturated carbocycles. The SMILES string of the molecule is COc1cc(OCC2CCCN2)nc(C)n1. The van der Waals surface area contributed by atoms with Crippen LogP contribution in [0.15, 0.2) is 6.07 Å². The molecular formula is C11H17N3O2. The van der Waals surface area contributed by atoms with Crippen LogP contribution in [-0.2, 0) is 0 Å². The summed E-state index contributed by atoms with van der Waals surface area (Å²) < 4.78 is 10.7. The molecule has 1 aliphatic rings. The average Bonchev–Trinajstić information content (AvgIpc) is 2.78. The van der Waals surface area contributed by atoms with Crippen molar-refractivity contribution in [3.63, 3.8) is 0 Å². The number of hydrogen-bond acceptors (Lipinski definition) is 5. The number of rotatable bonds is 4. The summed E-state index contributed by atoms with van der Waals surface area (Å²) in [4.78, 5) is 8.30. The van der Waals surface area contributed by atoms with Gasteiger partial charge in [-0.05, 0) is 26.3 Å². The maximum atomic E-state index is 5.62. The number of nitrogens with zero attached hydrogens (tertiary/aromatic N) is 2. The molecule has 0 aliphatic carbocycles. The van der Waals surface area contributed by atoms with Crippen LogP contribution in [0.4, 0.5) is 0 Å². The lowest BCUT2D eigenvalue weighted by Crippen LogP contribution is -2.28. The van der Waals surface area contributed by atoms with Crippen molar-refractivity contribution in [3.8, 4) is 11.8 Å². The second-order valence-corrected chi connectivity index (χ2v) is 3.90. The Morgan fingerprint density at radius 2 is 2.25 bits per heavy atom. The van der Waals surface area contributed by atoms with Gasteiger partial charge in [0.1, 0.15) is 12.4 Å². The summed E-state index contributed by atoms with van der Waals surface area (Å²) in [5, 5.41) is 3.37. The highest BCUT2D eigenvalue weighted by Gasteiger charge is 2.15. The maximum Gasteiger partial charge on any atom is 0.220 e. The third-order valence-electron chi connectivity index (χ3n) is 2.59. The molecule has 0 radical (unpaired) electrons. The molecular weight excluding hydrogens is 206 g/mol. The minimum absolute atomic E-state index is 0.446. The van der Waals surface area contributed by atoms with E-state index < -0.39 is 0 Å². The predicted molar refractivity (Wildman–Crippen MR) is 59.8 cm³/mol. The Hall–Kier alpha value is -1.36. The molecule has 0 bridgehead atoms. The van der Waals surface area contributed by atoms with Crippen molar-refractivity contribution in [2.45, 2.75) is 25.8 Å². The Bertz CT molecular complexity index is 351. The van der Waals surface area contributed by atoms with Crippen LogP contribution >= 0.6 is 0 Å². The number of nitrogens with one attached hydrogen (secondary N) is 1. The van der Waals surface area contributed by atoms with Crippen molar-refractivity contribution >= 4 is 0 Å². The molecule has 1 aromatic heterocycles. The minimum atomic E-state index is 0.446. The molecule has 2 heterocycles. The molecule has 0 aromatic carbocycles. The van der Waals surface area contributed by atoms with Gasteiger partial charge in [0.15, 0.2) is 0 Å². The van der Waals surface area contributed by atoms with Crippen LogP contribution in [0.2, 0.25) is 0 Å². The molecule has 5 heteroatoms. The van der Waals surface area contributed by atoms with Crippen molar-refractivity contribution in [1.29, 1.82) is 0 Å². The Balaban J connectivity index is 1.94. The van der Waals surface area contributed by atoms with E-state index in [9.17, 15) is 0 Å². The average molecular weight is 223 g/mol. The summed E-state index contributed by atoms with van der Waals surface area (Å²) in [6.07, 6.45) is 2.39. The lowest BCUT2D eigenvalue weighted by molar-refractivity contribution is 0.264. The van der Waals surface area contributed by atoms with E-state index >= 15 is 0 Å². The molecule has 1 unspecified atom stereocenters. The number of aromatic nitrogens is 2. The molecule has 1 aliphatic heterocycles. The van der Waals surface area contributed by atoms with Crippen molar-refractivity contribution in [1.82, 2.24) is 15.3 Å². The van der Waals surface area contributed by atoms with E-state index in [2.05, 4.69) is 15.3 Å². The van der Waals surface area contributed by atoms with Gasteiger partial charge in [0.25, 0.3) is 0 Å². The highest BCUT2D eigenvalue weighted by molar-refractivity contribution is 5.20. The van der Waals surface area contributed by atoms with Crippen LogP contribution in [0.25, 0.3) is 0 Å². The van der Waals surface area contributed by atoms with Gasteiger partial charge in [-0.2, -0.15) is 9.97 Å². The molecule has 88 valence electrons. The van der Waals surface area contributed by atoms with E-state index in [1.165, 1.54) is 12.8 Å². The van der Waals surface area contributed by atoms with E-state index in [1.807, 2.05) is 6.92 Å². The van der Waals surface area contributed by atoms with Crippen molar-refractivity contribution in [2.24, 2.45) is 0 Å². The van der Waals surface area contributed by atoms with Gasteiger partial charge < -0.3 is 14.8 Å². The smallest absolute Gasteiger partial charge is 0.220 e. The van der Waals surface area contributed by atoms with Crippen molar-refractivity contribution in [2.75, 3.05) is 20.3 Å². The summed E-state index contributed by atoms with van der Waals surface area (Å²) in [5.74, 6) is 1.79. The van der Waals surface area contributed by atoms with Gasteiger partial charge in [0.2, 0.25) is 11.8 Å². The fourth-order valence-corrected chi connectivity index (χ4v) is 1.78. The van der Waals surface area contributed by atoms with Gasteiger partial charge in [0.05, 0.1) is 13.2 Å².